The molecule has 2 bridgehead atoms. The third-order valence-corrected chi connectivity index (χ3v) is 6.67. The number of aliphatic hydroxyl groups is 1. The normalized spacial score (nSPS) is 48.4. The molecule has 1 N–H and O–H groups in total. The van der Waals surface area contributed by atoms with E-state index in [-0.39, 0.29) is 22.0 Å². The third kappa shape index (κ3) is 0.728. The summed E-state index contributed by atoms with van der Waals surface area (Å²) in [5.74, 6) is 0. The van der Waals surface area contributed by atoms with E-state index in [1.165, 1.54) is 16.7 Å². The molecule has 0 radical (unpaired) electrons. The molecular weight excluding hydrogens is 248 g/mol. The number of aliphatic hydroxyl groups excluding tert-OH is 1. The summed E-state index contributed by atoms with van der Waals surface area (Å²) in [6, 6.07) is 8.47. The van der Waals surface area contributed by atoms with Crippen LogP contribution in [0.25, 0.3) is 6.08 Å². The van der Waals surface area contributed by atoms with Crippen molar-refractivity contribution in [1.82, 2.24) is 0 Å². The first-order valence-corrected chi connectivity index (χ1v) is 7.32. The maximum Gasteiger partial charge on any atom is 0.150 e. The fourth-order valence-electron chi connectivity index (χ4n) is 5.26. The van der Waals surface area contributed by atoms with Gasteiger partial charge in [-0.25, -0.2) is 0 Å². The molecule has 1 heterocycles. The lowest BCUT2D eigenvalue weighted by Gasteiger charge is -2.42. The number of ether oxygens (including phenoxy) is 1. The van der Waals surface area contributed by atoms with Gasteiger partial charge in [-0.05, 0) is 22.8 Å². The van der Waals surface area contributed by atoms with Gasteiger partial charge in [0.2, 0.25) is 0 Å². The Bertz CT molecular complexity index is 729. The molecule has 1 aliphatic heterocycles. The molecule has 4 unspecified atom stereocenters. The highest BCUT2D eigenvalue weighted by molar-refractivity contribution is 5.74. The molecule has 0 aromatic heterocycles. The molecular formula is C18H18O2. The van der Waals surface area contributed by atoms with Crippen LogP contribution in [0.4, 0.5) is 0 Å². The Morgan fingerprint density at radius 3 is 2.70 bits per heavy atom. The van der Waals surface area contributed by atoms with Crippen LogP contribution >= 0.6 is 0 Å². The zero-order chi connectivity index (χ0) is 14.0. The second-order valence-corrected chi connectivity index (χ2v) is 7.29. The molecule has 4 atom stereocenters. The van der Waals surface area contributed by atoms with Gasteiger partial charge < -0.3 is 9.84 Å². The molecule has 2 nitrogen and oxygen atoms in total. The van der Waals surface area contributed by atoms with Gasteiger partial charge in [0.15, 0.2) is 0 Å². The van der Waals surface area contributed by atoms with Gasteiger partial charge in [0, 0.05) is 10.8 Å². The van der Waals surface area contributed by atoms with Gasteiger partial charge in [-0.2, -0.15) is 0 Å². The first-order valence-electron chi connectivity index (χ1n) is 7.32. The van der Waals surface area contributed by atoms with E-state index in [9.17, 15) is 5.11 Å². The van der Waals surface area contributed by atoms with Crippen molar-refractivity contribution in [2.75, 3.05) is 0 Å². The van der Waals surface area contributed by atoms with E-state index in [0.29, 0.717) is 0 Å². The van der Waals surface area contributed by atoms with Crippen molar-refractivity contribution in [3.63, 3.8) is 0 Å². The molecule has 1 saturated carbocycles. The molecule has 0 spiro atoms. The van der Waals surface area contributed by atoms with Gasteiger partial charge in [-0.15, -0.1) is 0 Å². The van der Waals surface area contributed by atoms with Crippen LogP contribution in [-0.2, 0) is 10.3 Å². The maximum absolute atomic E-state index is 10.6. The summed E-state index contributed by atoms with van der Waals surface area (Å²) >= 11 is 0. The van der Waals surface area contributed by atoms with Crippen LogP contribution in [0.15, 0.2) is 42.0 Å². The first kappa shape index (κ1) is 11.3. The smallest absolute Gasteiger partial charge is 0.150 e. The predicted molar refractivity (Wildman–Crippen MR) is 76.9 cm³/mol. The Kier molecular flexibility index (Phi) is 1.51. The van der Waals surface area contributed by atoms with Crippen LogP contribution in [-0.4, -0.2) is 16.8 Å². The molecule has 3 aliphatic carbocycles. The molecule has 1 aromatic rings. The summed E-state index contributed by atoms with van der Waals surface area (Å²) in [7, 11) is 0. The standard InChI is InChI=1S/C18H18O2/c1-15(2)13-10-14(19)16(15,3)17-9-8-11-6-4-5-7-12(11)18(13,17)20-17/h4-10,14,19H,1-3H3. The van der Waals surface area contributed by atoms with E-state index in [4.69, 9.17) is 4.74 Å². The molecule has 2 heteroatoms. The lowest BCUT2D eigenvalue weighted by molar-refractivity contribution is -0.0311. The van der Waals surface area contributed by atoms with Gasteiger partial charge in [0.05, 0.1) is 6.10 Å². The van der Waals surface area contributed by atoms with Crippen molar-refractivity contribution in [1.29, 1.82) is 0 Å². The van der Waals surface area contributed by atoms with Crippen molar-refractivity contribution in [2.24, 2.45) is 10.8 Å². The van der Waals surface area contributed by atoms with Gasteiger partial charge in [0.1, 0.15) is 11.2 Å². The lowest BCUT2D eigenvalue weighted by atomic mass is 9.62. The van der Waals surface area contributed by atoms with Gasteiger partial charge in [0.25, 0.3) is 0 Å². The summed E-state index contributed by atoms with van der Waals surface area (Å²) in [4.78, 5) is 0. The maximum atomic E-state index is 10.6. The predicted octanol–water partition coefficient (Wildman–Crippen LogP) is 3.02. The van der Waals surface area contributed by atoms with E-state index in [2.05, 4.69) is 57.2 Å². The second-order valence-electron chi connectivity index (χ2n) is 7.29. The number of epoxide rings is 1. The highest BCUT2D eigenvalue weighted by atomic mass is 16.6. The SMILES string of the molecule is CC1(C)C2=CC(O)C1(C)C13C=Cc4ccccc4C21O3. The minimum absolute atomic E-state index is 0.0491. The Balaban J connectivity index is 1.90. The van der Waals surface area contributed by atoms with Crippen LogP contribution in [0, 0.1) is 10.8 Å². The zero-order valence-electron chi connectivity index (χ0n) is 12.0. The fourth-order valence-corrected chi connectivity index (χ4v) is 5.26. The number of benzene rings is 1. The molecule has 2 fully saturated rings. The topological polar surface area (TPSA) is 32.8 Å². The van der Waals surface area contributed by atoms with Crippen molar-refractivity contribution >= 4 is 6.08 Å². The van der Waals surface area contributed by atoms with Gasteiger partial charge in [-0.1, -0.05) is 57.2 Å². The number of hydrogen-bond donors (Lipinski definition) is 1. The van der Waals surface area contributed by atoms with Gasteiger partial charge >= 0.3 is 0 Å². The van der Waals surface area contributed by atoms with E-state index < -0.39 is 6.10 Å². The number of fused-ring (bicyclic) bond motifs is 3. The Labute approximate surface area is 118 Å². The van der Waals surface area contributed by atoms with Crippen LogP contribution < -0.4 is 0 Å². The van der Waals surface area contributed by atoms with Crippen molar-refractivity contribution < 1.29 is 9.84 Å². The Hall–Kier alpha value is -1.38. The van der Waals surface area contributed by atoms with Crippen molar-refractivity contribution in [2.45, 2.75) is 38.1 Å². The second kappa shape index (κ2) is 2.68. The highest BCUT2D eigenvalue weighted by Gasteiger charge is 2.91. The van der Waals surface area contributed by atoms with Gasteiger partial charge in [-0.3, -0.25) is 0 Å². The van der Waals surface area contributed by atoms with Crippen LogP contribution in [0.1, 0.15) is 31.9 Å². The van der Waals surface area contributed by atoms with Crippen molar-refractivity contribution in [3.05, 3.63) is 53.1 Å². The van der Waals surface area contributed by atoms with Crippen LogP contribution in [0.2, 0.25) is 0 Å². The largest absolute Gasteiger partial charge is 0.388 e. The Morgan fingerprint density at radius 2 is 1.90 bits per heavy atom. The summed E-state index contributed by atoms with van der Waals surface area (Å²) < 4.78 is 6.40. The molecule has 20 heavy (non-hydrogen) atoms. The lowest BCUT2D eigenvalue weighted by Crippen LogP contribution is -2.48. The van der Waals surface area contributed by atoms with E-state index in [1.54, 1.807) is 0 Å². The van der Waals surface area contributed by atoms with Crippen molar-refractivity contribution in [3.8, 4) is 0 Å². The summed E-state index contributed by atoms with van der Waals surface area (Å²) in [5.41, 5.74) is 2.74. The Morgan fingerprint density at radius 1 is 1.15 bits per heavy atom. The van der Waals surface area contributed by atoms with E-state index >= 15 is 0 Å². The number of hydrogen-bond acceptors (Lipinski definition) is 2. The van der Waals surface area contributed by atoms with E-state index in [0.717, 1.165) is 0 Å². The summed E-state index contributed by atoms with van der Waals surface area (Å²) in [5, 5.41) is 10.6. The average molecular weight is 266 g/mol. The molecule has 102 valence electrons. The molecule has 1 aromatic carbocycles. The molecule has 4 aliphatic rings. The number of rotatable bonds is 0. The average Bonchev–Trinajstić information content (AvgIpc) is 3.08. The minimum atomic E-state index is -0.432. The van der Waals surface area contributed by atoms with Crippen LogP contribution in [0.5, 0.6) is 0 Å². The monoisotopic (exact) mass is 266 g/mol. The summed E-state index contributed by atoms with van der Waals surface area (Å²) in [6.07, 6.45) is 5.97. The minimum Gasteiger partial charge on any atom is -0.388 e. The zero-order valence-corrected chi connectivity index (χ0v) is 12.0. The molecule has 1 saturated heterocycles. The summed E-state index contributed by atoms with van der Waals surface area (Å²) in [6.45, 7) is 6.67. The first-order chi connectivity index (χ1) is 9.42. The van der Waals surface area contributed by atoms with Crippen LogP contribution in [0.3, 0.4) is 0 Å². The highest BCUT2D eigenvalue weighted by Crippen LogP contribution is 2.85. The third-order valence-electron chi connectivity index (χ3n) is 6.67. The van der Waals surface area contributed by atoms with E-state index in [1.807, 2.05) is 6.08 Å². The molecule has 0 amide bonds. The quantitative estimate of drug-likeness (QED) is 0.578. The fraction of sp³-hybridized carbons (Fsp3) is 0.444. The molecule has 5 rings (SSSR count).